The van der Waals surface area contributed by atoms with Crippen LogP contribution in [0.15, 0.2) is 30.3 Å². The van der Waals surface area contributed by atoms with Crippen LogP contribution < -0.4 is 10.6 Å². The van der Waals surface area contributed by atoms with E-state index in [1.54, 1.807) is 0 Å². The van der Waals surface area contributed by atoms with Gasteiger partial charge in [-0.3, -0.25) is 0 Å². The van der Waals surface area contributed by atoms with Crippen molar-refractivity contribution in [1.29, 1.82) is 0 Å². The molecule has 1 fully saturated rings. The quantitative estimate of drug-likeness (QED) is 0.659. The van der Waals surface area contributed by atoms with Crippen LogP contribution in [-0.2, 0) is 6.18 Å². The van der Waals surface area contributed by atoms with Crippen LogP contribution in [0.1, 0.15) is 36.4 Å². The number of alkyl halides is 3. The normalized spacial score (nSPS) is 14.4. The van der Waals surface area contributed by atoms with Gasteiger partial charge in [-0.15, -0.1) is 0 Å². The van der Waals surface area contributed by atoms with Gasteiger partial charge in [0, 0.05) is 30.8 Å². The van der Waals surface area contributed by atoms with E-state index in [-0.39, 0.29) is 6.61 Å². The Labute approximate surface area is 143 Å². The second-order valence-corrected chi connectivity index (χ2v) is 5.98. The van der Waals surface area contributed by atoms with E-state index in [1.165, 1.54) is 12.1 Å². The van der Waals surface area contributed by atoms with Crippen molar-refractivity contribution in [3.05, 3.63) is 41.6 Å². The maximum absolute atomic E-state index is 12.6. The Morgan fingerprint density at radius 2 is 1.84 bits per heavy atom. The Morgan fingerprint density at radius 3 is 2.44 bits per heavy atom. The summed E-state index contributed by atoms with van der Waals surface area (Å²) in [6, 6.07) is 6.64. The molecule has 0 unspecified atom stereocenters. The number of aliphatic hydroxyl groups excluding tert-OH is 1. The molecule has 25 heavy (non-hydrogen) atoms. The Morgan fingerprint density at radius 1 is 1.12 bits per heavy atom. The minimum atomic E-state index is -4.35. The van der Waals surface area contributed by atoms with Crippen molar-refractivity contribution in [2.24, 2.45) is 0 Å². The van der Waals surface area contributed by atoms with E-state index in [1.807, 2.05) is 6.07 Å². The van der Waals surface area contributed by atoms with Gasteiger partial charge in [0.15, 0.2) is 0 Å². The van der Waals surface area contributed by atoms with Crippen LogP contribution in [0.3, 0.4) is 0 Å². The highest BCUT2D eigenvalue weighted by Gasteiger charge is 2.30. The third-order valence-corrected chi connectivity index (χ3v) is 3.84. The summed E-state index contributed by atoms with van der Waals surface area (Å²) in [5.74, 6) is 1.39. The molecule has 1 aliphatic carbocycles. The van der Waals surface area contributed by atoms with Crippen LogP contribution in [0.25, 0.3) is 0 Å². The van der Waals surface area contributed by atoms with E-state index >= 15 is 0 Å². The van der Waals surface area contributed by atoms with Crippen LogP contribution in [0.4, 0.5) is 30.6 Å². The minimum Gasteiger partial charge on any atom is -0.396 e. The number of aliphatic hydroxyl groups is 1. The van der Waals surface area contributed by atoms with Crippen LogP contribution in [0, 0.1) is 0 Å². The van der Waals surface area contributed by atoms with Gasteiger partial charge in [-0.2, -0.15) is 18.2 Å². The lowest BCUT2D eigenvalue weighted by Crippen LogP contribution is -2.09. The van der Waals surface area contributed by atoms with Crippen LogP contribution in [-0.4, -0.2) is 28.2 Å². The summed E-state index contributed by atoms with van der Waals surface area (Å²) in [5, 5.41) is 14.9. The van der Waals surface area contributed by atoms with Gasteiger partial charge >= 0.3 is 6.18 Å². The van der Waals surface area contributed by atoms with Gasteiger partial charge in [0.25, 0.3) is 0 Å². The molecule has 1 saturated carbocycles. The predicted octanol–water partition coefficient (Wildman–Crippen LogP) is 3.91. The molecule has 3 rings (SSSR count). The second kappa shape index (κ2) is 7.26. The summed E-state index contributed by atoms with van der Waals surface area (Å²) >= 11 is 0. The van der Waals surface area contributed by atoms with Gasteiger partial charge < -0.3 is 15.7 Å². The smallest absolute Gasteiger partial charge is 0.396 e. The van der Waals surface area contributed by atoms with Crippen LogP contribution in [0.5, 0.6) is 0 Å². The molecule has 0 bridgehead atoms. The molecular formula is C17H19F3N4O. The van der Waals surface area contributed by atoms with Gasteiger partial charge in [0.05, 0.1) is 11.3 Å². The van der Waals surface area contributed by atoms with E-state index in [9.17, 15) is 13.2 Å². The highest BCUT2D eigenvalue weighted by Crippen LogP contribution is 2.40. The van der Waals surface area contributed by atoms with E-state index in [4.69, 9.17) is 5.11 Å². The summed E-state index contributed by atoms with van der Waals surface area (Å²) in [5.41, 5.74) is 0.747. The Hall–Kier alpha value is -2.35. The summed E-state index contributed by atoms with van der Waals surface area (Å²) in [6.07, 6.45) is -1.62. The van der Waals surface area contributed by atoms with Gasteiger partial charge in [-0.25, -0.2) is 4.98 Å². The first-order chi connectivity index (χ1) is 12.0. The fourth-order valence-electron chi connectivity index (χ4n) is 2.37. The molecule has 1 heterocycles. The van der Waals surface area contributed by atoms with Crippen molar-refractivity contribution >= 4 is 17.5 Å². The van der Waals surface area contributed by atoms with Crippen molar-refractivity contribution in [1.82, 2.24) is 9.97 Å². The lowest BCUT2D eigenvalue weighted by Gasteiger charge is -2.12. The van der Waals surface area contributed by atoms with Gasteiger partial charge in [-0.05, 0) is 43.5 Å². The fraction of sp³-hybridized carbons (Fsp3) is 0.412. The molecule has 1 aliphatic rings. The van der Waals surface area contributed by atoms with Crippen molar-refractivity contribution in [2.75, 3.05) is 23.8 Å². The highest BCUT2D eigenvalue weighted by molar-refractivity contribution is 5.58. The number of hydrogen-bond donors (Lipinski definition) is 3. The first kappa shape index (κ1) is 17.5. The average Bonchev–Trinajstić information content (AvgIpc) is 3.39. The molecule has 134 valence electrons. The van der Waals surface area contributed by atoms with Crippen molar-refractivity contribution in [2.45, 2.75) is 31.4 Å². The molecule has 0 saturated heterocycles. The standard InChI is InChI=1S/C17H19F3N4O/c18-17(19,20)12-4-6-13(7-5-12)22-15-10-14(11-2-3-11)23-16(24-15)21-8-1-9-25/h4-7,10-11,25H,1-3,8-9H2,(H2,21,22,23,24). The van der Waals surface area contributed by atoms with Crippen molar-refractivity contribution in [3.8, 4) is 0 Å². The number of hydrogen-bond acceptors (Lipinski definition) is 5. The van der Waals surface area contributed by atoms with Crippen LogP contribution >= 0.6 is 0 Å². The number of nitrogens with zero attached hydrogens (tertiary/aromatic N) is 2. The molecule has 5 nitrogen and oxygen atoms in total. The SMILES string of the molecule is OCCCNc1nc(Nc2ccc(C(F)(F)F)cc2)cc(C2CC2)n1. The molecule has 1 aromatic heterocycles. The summed E-state index contributed by atoms with van der Waals surface area (Å²) < 4.78 is 37.9. The molecule has 1 aromatic carbocycles. The second-order valence-electron chi connectivity index (χ2n) is 5.98. The lowest BCUT2D eigenvalue weighted by molar-refractivity contribution is -0.137. The van der Waals surface area contributed by atoms with E-state index < -0.39 is 11.7 Å². The number of benzene rings is 1. The van der Waals surface area contributed by atoms with E-state index in [0.717, 1.165) is 30.7 Å². The monoisotopic (exact) mass is 352 g/mol. The zero-order valence-corrected chi connectivity index (χ0v) is 13.5. The number of anilines is 3. The van der Waals surface area contributed by atoms with Gasteiger partial charge in [-0.1, -0.05) is 0 Å². The molecule has 0 amide bonds. The fourth-order valence-corrected chi connectivity index (χ4v) is 2.37. The number of nitrogens with one attached hydrogen (secondary N) is 2. The topological polar surface area (TPSA) is 70.1 Å². The summed E-state index contributed by atoms with van der Waals surface area (Å²) in [4.78, 5) is 8.81. The average molecular weight is 352 g/mol. The molecule has 0 atom stereocenters. The third kappa shape index (κ3) is 4.82. The highest BCUT2D eigenvalue weighted by atomic mass is 19.4. The molecule has 0 spiro atoms. The Bertz CT molecular complexity index is 715. The number of aromatic nitrogens is 2. The lowest BCUT2D eigenvalue weighted by atomic mass is 10.2. The maximum Gasteiger partial charge on any atom is 0.416 e. The van der Waals surface area contributed by atoms with Crippen LogP contribution in [0.2, 0.25) is 0 Å². The largest absolute Gasteiger partial charge is 0.416 e. The van der Waals surface area contributed by atoms with E-state index in [2.05, 4.69) is 20.6 Å². The van der Waals surface area contributed by atoms with Gasteiger partial charge in [0.2, 0.25) is 5.95 Å². The minimum absolute atomic E-state index is 0.0754. The van der Waals surface area contributed by atoms with Crippen molar-refractivity contribution in [3.63, 3.8) is 0 Å². The maximum atomic E-state index is 12.6. The molecule has 3 N–H and O–H groups in total. The molecule has 0 radical (unpaired) electrons. The summed E-state index contributed by atoms with van der Waals surface area (Å²) in [6.45, 7) is 0.621. The van der Waals surface area contributed by atoms with Gasteiger partial charge in [0.1, 0.15) is 5.82 Å². The zero-order valence-electron chi connectivity index (χ0n) is 13.5. The third-order valence-electron chi connectivity index (χ3n) is 3.84. The molecule has 8 heteroatoms. The first-order valence-corrected chi connectivity index (χ1v) is 8.14. The van der Waals surface area contributed by atoms with Crippen molar-refractivity contribution < 1.29 is 18.3 Å². The summed E-state index contributed by atoms with van der Waals surface area (Å²) in [7, 11) is 0. The number of rotatable bonds is 7. The van der Waals surface area contributed by atoms with E-state index in [0.29, 0.717) is 36.3 Å². The Balaban J connectivity index is 1.76. The first-order valence-electron chi connectivity index (χ1n) is 8.14. The molecule has 0 aliphatic heterocycles. The zero-order chi connectivity index (χ0) is 17.9. The predicted molar refractivity (Wildman–Crippen MR) is 88.9 cm³/mol. The molecular weight excluding hydrogens is 333 g/mol. The Kier molecular flexibility index (Phi) is 5.08. The number of halogens is 3. The molecule has 2 aromatic rings.